The van der Waals surface area contributed by atoms with E-state index in [1.54, 1.807) is 0 Å². The maximum Gasteiger partial charge on any atom is 0.142 e. The SMILES string of the molecule is CCOc1ccc(Cl)cc1NC1CC(C)N(C2CC2)C1. The summed E-state index contributed by atoms with van der Waals surface area (Å²) >= 11 is 6.11. The van der Waals surface area contributed by atoms with Crippen LogP contribution >= 0.6 is 11.6 Å². The summed E-state index contributed by atoms with van der Waals surface area (Å²) in [6, 6.07) is 7.80. The van der Waals surface area contributed by atoms with Crippen molar-refractivity contribution in [3.05, 3.63) is 23.2 Å². The van der Waals surface area contributed by atoms with Gasteiger partial charge in [0.15, 0.2) is 0 Å². The fourth-order valence-electron chi connectivity index (χ4n) is 3.19. The molecule has 0 bridgehead atoms. The number of anilines is 1. The Bertz CT molecular complexity index is 476. The fourth-order valence-corrected chi connectivity index (χ4v) is 3.36. The van der Waals surface area contributed by atoms with Gasteiger partial charge in [0.25, 0.3) is 0 Å². The van der Waals surface area contributed by atoms with Gasteiger partial charge in [0.2, 0.25) is 0 Å². The molecule has 0 spiro atoms. The van der Waals surface area contributed by atoms with Crippen LogP contribution in [0.4, 0.5) is 5.69 Å². The van der Waals surface area contributed by atoms with E-state index in [1.807, 2.05) is 25.1 Å². The van der Waals surface area contributed by atoms with E-state index in [0.29, 0.717) is 18.7 Å². The van der Waals surface area contributed by atoms with Crippen LogP contribution in [-0.2, 0) is 0 Å². The molecule has 1 heterocycles. The van der Waals surface area contributed by atoms with E-state index in [4.69, 9.17) is 16.3 Å². The van der Waals surface area contributed by atoms with Gasteiger partial charge in [-0.05, 0) is 51.3 Å². The van der Waals surface area contributed by atoms with Crippen LogP contribution in [0.15, 0.2) is 18.2 Å². The number of nitrogens with one attached hydrogen (secondary N) is 1. The summed E-state index contributed by atoms with van der Waals surface area (Å²) in [5.74, 6) is 0.898. The van der Waals surface area contributed by atoms with Gasteiger partial charge in [-0.15, -0.1) is 0 Å². The van der Waals surface area contributed by atoms with Gasteiger partial charge in [-0.2, -0.15) is 0 Å². The highest BCUT2D eigenvalue weighted by atomic mass is 35.5. The molecule has 1 aliphatic heterocycles. The maximum absolute atomic E-state index is 6.11. The predicted octanol–water partition coefficient (Wildman–Crippen LogP) is 3.78. The van der Waals surface area contributed by atoms with Gasteiger partial charge in [-0.1, -0.05) is 11.6 Å². The van der Waals surface area contributed by atoms with E-state index in [2.05, 4.69) is 17.1 Å². The standard InChI is InChI=1S/C16H23ClN2O/c1-3-20-16-7-4-12(17)9-15(16)18-13-8-11(2)19(10-13)14-5-6-14/h4,7,9,11,13-14,18H,3,5-6,8,10H2,1-2H3. The van der Waals surface area contributed by atoms with Crippen molar-refractivity contribution in [2.45, 2.75) is 51.2 Å². The number of halogens is 1. The number of hydrogen-bond donors (Lipinski definition) is 1. The van der Waals surface area contributed by atoms with Crippen molar-refractivity contribution in [3.8, 4) is 5.75 Å². The number of nitrogens with zero attached hydrogens (tertiary/aromatic N) is 1. The molecule has 0 aromatic heterocycles. The predicted molar refractivity (Wildman–Crippen MR) is 83.8 cm³/mol. The van der Waals surface area contributed by atoms with Gasteiger partial charge >= 0.3 is 0 Å². The number of likely N-dealkylation sites (tertiary alicyclic amines) is 1. The van der Waals surface area contributed by atoms with Gasteiger partial charge < -0.3 is 10.1 Å². The molecule has 1 aliphatic carbocycles. The Kier molecular flexibility index (Phi) is 4.08. The molecule has 2 atom stereocenters. The zero-order valence-corrected chi connectivity index (χ0v) is 13.0. The lowest BCUT2D eigenvalue weighted by Crippen LogP contribution is -2.31. The molecular formula is C16H23ClN2O. The van der Waals surface area contributed by atoms with Crippen LogP contribution in [0.2, 0.25) is 5.02 Å². The van der Waals surface area contributed by atoms with Crippen LogP contribution in [-0.4, -0.2) is 36.2 Å². The summed E-state index contributed by atoms with van der Waals surface area (Å²) in [7, 11) is 0. The minimum Gasteiger partial charge on any atom is -0.492 e. The van der Waals surface area contributed by atoms with E-state index < -0.39 is 0 Å². The molecular weight excluding hydrogens is 272 g/mol. The maximum atomic E-state index is 6.11. The van der Waals surface area contributed by atoms with E-state index in [0.717, 1.165) is 29.0 Å². The monoisotopic (exact) mass is 294 g/mol. The first-order valence-corrected chi connectivity index (χ1v) is 7.99. The van der Waals surface area contributed by atoms with Gasteiger partial charge in [-0.3, -0.25) is 4.90 Å². The number of ether oxygens (including phenoxy) is 1. The second kappa shape index (κ2) is 5.82. The average molecular weight is 295 g/mol. The number of benzene rings is 1. The second-order valence-corrected chi connectivity index (χ2v) is 6.36. The number of rotatable bonds is 5. The quantitative estimate of drug-likeness (QED) is 0.894. The zero-order chi connectivity index (χ0) is 14.1. The third kappa shape index (κ3) is 3.04. The highest BCUT2D eigenvalue weighted by Gasteiger charge is 2.38. The summed E-state index contributed by atoms with van der Waals surface area (Å²) in [5, 5.41) is 4.38. The Hall–Kier alpha value is -0.930. The third-order valence-electron chi connectivity index (χ3n) is 4.24. The van der Waals surface area contributed by atoms with Crippen LogP contribution in [0.1, 0.15) is 33.1 Å². The normalized spacial score (nSPS) is 26.8. The molecule has 1 aromatic carbocycles. The molecule has 0 radical (unpaired) electrons. The first kappa shape index (κ1) is 14.0. The molecule has 110 valence electrons. The van der Waals surface area contributed by atoms with Gasteiger partial charge in [0.05, 0.1) is 12.3 Å². The minimum absolute atomic E-state index is 0.489. The summed E-state index contributed by atoms with van der Waals surface area (Å²) in [4.78, 5) is 2.64. The Morgan fingerprint density at radius 1 is 1.40 bits per heavy atom. The van der Waals surface area contributed by atoms with Crippen molar-refractivity contribution < 1.29 is 4.74 Å². The molecule has 20 heavy (non-hydrogen) atoms. The Labute approximate surface area is 126 Å². The minimum atomic E-state index is 0.489. The highest BCUT2D eigenvalue weighted by molar-refractivity contribution is 6.30. The van der Waals surface area contributed by atoms with Crippen LogP contribution in [0, 0.1) is 0 Å². The van der Waals surface area contributed by atoms with Crippen LogP contribution in [0.25, 0.3) is 0 Å². The van der Waals surface area contributed by atoms with Crippen molar-refractivity contribution in [2.24, 2.45) is 0 Å². The molecule has 1 aromatic rings. The highest BCUT2D eigenvalue weighted by Crippen LogP contribution is 2.35. The van der Waals surface area contributed by atoms with E-state index in [1.165, 1.54) is 19.3 Å². The summed E-state index contributed by atoms with van der Waals surface area (Å²) in [5.41, 5.74) is 1.02. The van der Waals surface area contributed by atoms with Crippen molar-refractivity contribution in [2.75, 3.05) is 18.5 Å². The zero-order valence-electron chi connectivity index (χ0n) is 12.2. The van der Waals surface area contributed by atoms with Crippen molar-refractivity contribution in [1.29, 1.82) is 0 Å². The molecule has 4 heteroatoms. The van der Waals surface area contributed by atoms with E-state index in [-0.39, 0.29) is 0 Å². The van der Waals surface area contributed by atoms with Gasteiger partial charge in [-0.25, -0.2) is 0 Å². The third-order valence-corrected chi connectivity index (χ3v) is 4.48. The molecule has 2 unspecified atom stereocenters. The topological polar surface area (TPSA) is 24.5 Å². The van der Waals surface area contributed by atoms with Crippen molar-refractivity contribution >= 4 is 17.3 Å². The van der Waals surface area contributed by atoms with Crippen molar-refractivity contribution in [3.63, 3.8) is 0 Å². The summed E-state index contributed by atoms with van der Waals surface area (Å²) in [6.07, 6.45) is 3.94. The molecule has 1 saturated carbocycles. The molecule has 1 saturated heterocycles. The van der Waals surface area contributed by atoms with Crippen LogP contribution in [0.3, 0.4) is 0 Å². The molecule has 1 N–H and O–H groups in total. The fraction of sp³-hybridized carbons (Fsp3) is 0.625. The molecule has 0 amide bonds. The second-order valence-electron chi connectivity index (χ2n) is 5.93. The van der Waals surface area contributed by atoms with Gasteiger partial charge in [0, 0.05) is 29.7 Å². The van der Waals surface area contributed by atoms with Crippen molar-refractivity contribution in [1.82, 2.24) is 4.90 Å². The lowest BCUT2D eigenvalue weighted by Gasteiger charge is -2.20. The molecule has 3 rings (SSSR count). The van der Waals surface area contributed by atoms with E-state index in [9.17, 15) is 0 Å². The first-order valence-electron chi connectivity index (χ1n) is 7.62. The summed E-state index contributed by atoms with van der Waals surface area (Å²) in [6.45, 7) is 6.14. The van der Waals surface area contributed by atoms with Crippen LogP contribution < -0.4 is 10.1 Å². The molecule has 2 aliphatic rings. The smallest absolute Gasteiger partial charge is 0.142 e. The Morgan fingerprint density at radius 2 is 2.20 bits per heavy atom. The number of hydrogen-bond acceptors (Lipinski definition) is 3. The largest absolute Gasteiger partial charge is 0.492 e. The Morgan fingerprint density at radius 3 is 2.90 bits per heavy atom. The average Bonchev–Trinajstić information content (AvgIpc) is 3.18. The lowest BCUT2D eigenvalue weighted by atomic mass is 10.1. The van der Waals surface area contributed by atoms with Crippen LogP contribution in [0.5, 0.6) is 5.75 Å². The van der Waals surface area contributed by atoms with E-state index >= 15 is 0 Å². The Balaban J connectivity index is 1.69. The summed E-state index contributed by atoms with van der Waals surface area (Å²) < 4.78 is 5.68. The molecule has 3 nitrogen and oxygen atoms in total. The van der Waals surface area contributed by atoms with Gasteiger partial charge in [0.1, 0.15) is 5.75 Å². The lowest BCUT2D eigenvalue weighted by molar-refractivity contribution is 0.257. The molecule has 2 fully saturated rings. The first-order chi connectivity index (χ1) is 9.67.